The van der Waals surface area contributed by atoms with Gasteiger partial charge in [-0.05, 0) is 46.1 Å². The summed E-state index contributed by atoms with van der Waals surface area (Å²) >= 11 is 0. The van der Waals surface area contributed by atoms with Gasteiger partial charge in [0, 0.05) is 24.9 Å². The van der Waals surface area contributed by atoms with Crippen molar-refractivity contribution in [3.05, 3.63) is 11.6 Å². The number of carboxylic acids is 1. The Hall–Kier alpha value is -1.43. The fourth-order valence-electron chi connectivity index (χ4n) is 3.98. The molecule has 1 aromatic heterocycles. The van der Waals surface area contributed by atoms with Crippen LogP contribution in [0.15, 0.2) is 0 Å². The maximum absolute atomic E-state index is 11.5. The van der Waals surface area contributed by atoms with Gasteiger partial charge in [-0.3, -0.25) is 4.90 Å². The minimum atomic E-state index is -0.758. The number of aryl methyl sites for hydroxylation is 1. The van der Waals surface area contributed by atoms with E-state index in [4.69, 9.17) is 0 Å². The molecule has 22 heavy (non-hydrogen) atoms. The molecule has 2 aliphatic rings. The summed E-state index contributed by atoms with van der Waals surface area (Å²) < 4.78 is 1.90. The number of piperidine rings is 1. The largest absolute Gasteiger partial charge is 0.480 e. The topological polar surface area (TPSA) is 71.2 Å². The highest BCUT2D eigenvalue weighted by Gasteiger charge is 2.32. The Balaban J connectivity index is 1.84. The molecule has 0 aliphatic carbocycles. The molecule has 0 saturated carbocycles. The lowest BCUT2D eigenvalue weighted by atomic mass is 9.96. The summed E-state index contributed by atoms with van der Waals surface area (Å²) in [7, 11) is 0. The van der Waals surface area contributed by atoms with Crippen LogP contribution in [0, 0.1) is 0 Å². The van der Waals surface area contributed by atoms with Crippen molar-refractivity contribution >= 4 is 5.97 Å². The lowest BCUT2D eigenvalue weighted by Gasteiger charge is -2.38. The summed E-state index contributed by atoms with van der Waals surface area (Å²) in [6, 6.07) is 0.493. The van der Waals surface area contributed by atoms with Gasteiger partial charge in [-0.2, -0.15) is 0 Å². The Morgan fingerprint density at radius 2 is 2.09 bits per heavy atom. The molecule has 0 amide bonds. The molecule has 3 heterocycles. The van der Waals surface area contributed by atoms with Crippen molar-refractivity contribution < 1.29 is 9.90 Å². The highest BCUT2D eigenvalue weighted by Crippen LogP contribution is 2.28. The van der Waals surface area contributed by atoms with Gasteiger partial charge in [0.1, 0.15) is 17.7 Å². The molecule has 122 valence electrons. The number of carbonyl (C=O) groups is 1. The number of fused-ring (bicyclic) bond motifs is 1. The van der Waals surface area contributed by atoms with Gasteiger partial charge in [-0.15, -0.1) is 10.2 Å². The Labute approximate surface area is 131 Å². The van der Waals surface area contributed by atoms with Crippen molar-refractivity contribution in [3.63, 3.8) is 0 Å². The lowest BCUT2D eigenvalue weighted by molar-refractivity contribution is -0.141. The van der Waals surface area contributed by atoms with Crippen LogP contribution < -0.4 is 0 Å². The second-order valence-electron chi connectivity index (χ2n) is 6.83. The van der Waals surface area contributed by atoms with E-state index in [-0.39, 0.29) is 0 Å². The van der Waals surface area contributed by atoms with E-state index < -0.39 is 12.0 Å². The molecular weight excluding hydrogens is 280 g/mol. The number of hydrogen-bond donors (Lipinski definition) is 1. The highest BCUT2D eigenvalue weighted by atomic mass is 16.4. The second-order valence-corrected chi connectivity index (χ2v) is 6.83. The predicted octanol–water partition coefficient (Wildman–Crippen LogP) is 2.05. The van der Waals surface area contributed by atoms with Gasteiger partial charge in [-0.1, -0.05) is 6.42 Å². The summed E-state index contributed by atoms with van der Waals surface area (Å²) in [5.41, 5.74) is 0. The fraction of sp³-hybridized carbons (Fsp3) is 0.812. The Morgan fingerprint density at radius 3 is 2.82 bits per heavy atom. The first-order valence-corrected chi connectivity index (χ1v) is 8.49. The van der Waals surface area contributed by atoms with Crippen molar-refractivity contribution in [2.45, 2.75) is 76.9 Å². The van der Waals surface area contributed by atoms with E-state index in [1.54, 1.807) is 0 Å². The van der Waals surface area contributed by atoms with E-state index in [1.165, 1.54) is 12.8 Å². The van der Waals surface area contributed by atoms with Gasteiger partial charge in [0.15, 0.2) is 0 Å². The number of likely N-dealkylation sites (tertiary alicyclic amines) is 1. The van der Waals surface area contributed by atoms with Gasteiger partial charge in [0.05, 0.1) is 0 Å². The summed E-state index contributed by atoms with van der Waals surface area (Å²) in [6.07, 6.45) is 6.90. The third-order valence-corrected chi connectivity index (χ3v) is 5.07. The van der Waals surface area contributed by atoms with Crippen LogP contribution in [-0.2, 0) is 17.6 Å². The van der Waals surface area contributed by atoms with Crippen molar-refractivity contribution in [1.29, 1.82) is 0 Å². The van der Waals surface area contributed by atoms with E-state index in [2.05, 4.69) is 28.9 Å². The van der Waals surface area contributed by atoms with E-state index in [0.717, 1.165) is 43.9 Å². The predicted molar refractivity (Wildman–Crippen MR) is 82.8 cm³/mol. The fourth-order valence-corrected chi connectivity index (χ4v) is 3.98. The highest BCUT2D eigenvalue weighted by molar-refractivity contribution is 5.72. The number of aromatic nitrogens is 3. The number of nitrogens with zero attached hydrogens (tertiary/aromatic N) is 4. The zero-order valence-electron chi connectivity index (χ0n) is 13.5. The van der Waals surface area contributed by atoms with Crippen LogP contribution >= 0.6 is 0 Å². The zero-order chi connectivity index (χ0) is 15.7. The van der Waals surface area contributed by atoms with Crippen LogP contribution in [-0.4, -0.2) is 49.4 Å². The Bertz CT molecular complexity index is 540. The van der Waals surface area contributed by atoms with Crippen LogP contribution in [0.3, 0.4) is 0 Å². The second kappa shape index (κ2) is 6.36. The molecule has 0 aromatic carbocycles. The summed E-state index contributed by atoms with van der Waals surface area (Å²) in [4.78, 5) is 14.1. The van der Waals surface area contributed by atoms with E-state index in [1.807, 2.05) is 4.57 Å². The monoisotopic (exact) mass is 306 g/mol. The molecule has 0 radical (unpaired) electrons. The number of hydrogen-bond acceptors (Lipinski definition) is 4. The summed E-state index contributed by atoms with van der Waals surface area (Å²) in [6.45, 7) is 5.60. The normalized spacial score (nSPS) is 26.1. The molecule has 1 aromatic rings. The van der Waals surface area contributed by atoms with Crippen molar-refractivity contribution in [3.8, 4) is 0 Å². The quantitative estimate of drug-likeness (QED) is 0.922. The first kappa shape index (κ1) is 15.5. The zero-order valence-corrected chi connectivity index (χ0v) is 13.5. The summed E-state index contributed by atoms with van der Waals surface area (Å²) in [5, 5.41) is 18.1. The minimum absolute atomic E-state index is 0.457. The number of rotatable bonds is 4. The van der Waals surface area contributed by atoms with Crippen molar-refractivity contribution in [2.75, 3.05) is 6.54 Å². The molecule has 6 heteroatoms. The maximum atomic E-state index is 11.5. The molecule has 0 spiro atoms. The van der Waals surface area contributed by atoms with Gasteiger partial charge >= 0.3 is 5.97 Å². The van der Waals surface area contributed by atoms with Gasteiger partial charge < -0.3 is 9.67 Å². The van der Waals surface area contributed by atoms with E-state index in [9.17, 15) is 9.90 Å². The molecule has 1 fully saturated rings. The maximum Gasteiger partial charge on any atom is 0.326 e. The SMILES string of the molecule is CC(C)N1CCCCC1Cc1nnc2n1C(C(=O)O)CCC2. The first-order valence-electron chi connectivity index (χ1n) is 8.49. The van der Waals surface area contributed by atoms with Gasteiger partial charge in [0.25, 0.3) is 0 Å². The average molecular weight is 306 g/mol. The molecule has 1 saturated heterocycles. The van der Waals surface area contributed by atoms with Gasteiger partial charge in [-0.25, -0.2) is 4.79 Å². The molecule has 2 aliphatic heterocycles. The minimum Gasteiger partial charge on any atom is -0.480 e. The summed E-state index contributed by atoms with van der Waals surface area (Å²) in [5.74, 6) is 0.951. The smallest absolute Gasteiger partial charge is 0.326 e. The van der Waals surface area contributed by atoms with E-state index in [0.29, 0.717) is 18.5 Å². The molecule has 2 unspecified atom stereocenters. The Morgan fingerprint density at radius 1 is 1.27 bits per heavy atom. The number of carboxylic acid groups (broad SMARTS) is 1. The third-order valence-electron chi connectivity index (χ3n) is 5.07. The van der Waals surface area contributed by atoms with Crippen molar-refractivity contribution in [2.24, 2.45) is 0 Å². The lowest BCUT2D eigenvalue weighted by Crippen LogP contribution is -2.45. The van der Waals surface area contributed by atoms with Crippen LogP contribution in [0.1, 0.15) is 63.6 Å². The number of aliphatic carboxylic acids is 1. The van der Waals surface area contributed by atoms with Crippen LogP contribution in [0.4, 0.5) is 0 Å². The van der Waals surface area contributed by atoms with E-state index >= 15 is 0 Å². The average Bonchev–Trinajstić information content (AvgIpc) is 2.90. The van der Waals surface area contributed by atoms with Crippen LogP contribution in [0.2, 0.25) is 0 Å². The first-order chi connectivity index (χ1) is 10.6. The molecule has 2 atom stereocenters. The molecule has 3 rings (SSSR count). The van der Waals surface area contributed by atoms with Crippen molar-refractivity contribution in [1.82, 2.24) is 19.7 Å². The van der Waals surface area contributed by atoms with Crippen LogP contribution in [0.5, 0.6) is 0 Å². The molecule has 1 N–H and O–H groups in total. The molecular formula is C16H26N4O2. The Kier molecular flexibility index (Phi) is 4.47. The standard InChI is InChI=1S/C16H26N4O2/c1-11(2)19-9-4-3-6-12(19)10-15-18-17-14-8-5-7-13(16(21)22)20(14)15/h11-13H,3-10H2,1-2H3,(H,21,22). The molecule has 6 nitrogen and oxygen atoms in total. The van der Waals surface area contributed by atoms with Gasteiger partial charge in [0.2, 0.25) is 0 Å². The molecule has 0 bridgehead atoms. The van der Waals surface area contributed by atoms with Crippen LogP contribution in [0.25, 0.3) is 0 Å². The third kappa shape index (κ3) is 2.89.